The fourth-order valence-corrected chi connectivity index (χ4v) is 2.70. The predicted molar refractivity (Wildman–Crippen MR) is 94.4 cm³/mol. The summed E-state index contributed by atoms with van der Waals surface area (Å²) in [4.78, 5) is 12.9. The van der Waals surface area contributed by atoms with Gasteiger partial charge in [-0.1, -0.05) is 39.8 Å². The zero-order valence-corrected chi connectivity index (χ0v) is 13.9. The summed E-state index contributed by atoms with van der Waals surface area (Å²) in [7, 11) is 0. The number of halogens is 2. The van der Waals surface area contributed by atoms with Crippen LogP contribution in [0.25, 0.3) is 10.4 Å². The largest absolute Gasteiger partial charge is 0.323 e. The third-order valence-corrected chi connectivity index (χ3v) is 4.42. The number of urea groups is 1. The molecule has 0 bridgehead atoms. The molecule has 5 nitrogen and oxygen atoms in total. The molecule has 0 aliphatic rings. The molecule has 2 aromatic carbocycles. The number of nitrogens with zero attached hydrogens (tertiary/aromatic N) is 2. The molecule has 23 heavy (non-hydrogen) atoms. The number of rotatable bonds is 3. The van der Waals surface area contributed by atoms with E-state index in [0.717, 1.165) is 10.4 Å². The van der Waals surface area contributed by atoms with Crippen LogP contribution in [0.1, 0.15) is 0 Å². The van der Waals surface area contributed by atoms with Crippen molar-refractivity contribution < 1.29 is 4.79 Å². The van der Waals surface area contributed by atoms with Crippen molar-refractivity contribution >= 4 is 52.1 Å². The fourth-order valence-electron chi connectivity index (χ4n) is 1.88. The molecule has 1 heterocycles. The molecule has 0 radical (unpaired) electrons. The van der Waals surface area contributed by atoms with Crippen LogP contribution in [0.5, 0.6) is 0 Å². The quantitative estimate of drug-likeness (QED) is 0.674. The maximum absolute atomic E-state index is 12.0. The number of anilines is 2. The van der Waals surface area contributed by atoms with E-state index in [1.54, 1.807) is 24.4 Å². The van der Waals surface area contributed by atoms with Gasteiger partial charge >= 0.3 is 6.03 Å². The van der Waals surface area contributed by atoms with Crippen LogP contribution in [0.15, 0.2) is 48.7 Å². The topological polar surface area (TPSA) is 66.9 Å². The fraction of sp³-hybridized carbons (Fsp3) is 0. The lowest BCUT2D eigenvalue weighted by Gasteiger charge is -2.08. The minimum absolute atomic E-state index is 0.365. The van der Waals surface area contributed by atoms with Crippen LogP contribution in [-0.4, -0.2) is 15.6 Å². The molecule has 0 spiro atoms. The molecule has 8 heteroatoms. The van der Waals surface area contributed by atoms with Crippen molar-refractivity contribution in [2.24, 2.45) is 0 Å². The van der Waals surface area contributed by atoms with Gasteiger partial charge in [0.15, 0.2) is 0 Å². The zero-order chi connectivity index (χ0) is 16.2. The molecule has 0 saturated heterocycles. The summed E-state index contributed by atoms with van der Waals surface area (Å²) < 4.78 is 3.82. The highest BCUT2D eigenvalue weighted by molar-refractivity contribution is 7.09. The van der Waals surface area contributed by atoms with Gasteiger partial charge in [0, 0.05) is 11.4 Å². The number of hydrogen-bond acceptors (Lipinski definition) is 4. The van der Waals surface area contributed by atoms with Crippen LogP contribution in [0, 0.1) is 0 Å². The lowest BCUT2D eigenvalue weighted by molar-refractivity contribution is 0.262. The van der Waals surface area contributed by atoms with Crippen LogP contribution in [0.2, 0.25) is 10.0 Å². The van der Waals surface area contributed by atoms with E-state index < -0.39 is 0 Å². The lowest BCUT2D eigenvalue weighted by Crippen LogP contribution is -2.19. The maximum atomic E-state index is 12.0. The monoisotopic (exact) mass is 364 g/mol. The van der Waals surface area contributed by atoms with Crippen LogP contribution < -0.4 is 10.6 Å². The van der Waals surface area contributed by atoms with Gasteiger partial charge in [0.25, 0.3) is 0 Å². The molecule has 0 aliphatic carbocycles. The minimum atomic E-state index is -0.365. The van der Waals surface area contributed by atoms with Crippen molar-refractivity contribution in [1.82, 2.24) is 9.59 Å². The van der Waals surface area contributed by atoms with Crippen molar-refractivity contribution in [3.05, 3.63) is 58.7 Å². The Bertz CT molecular complexity index is 822. The third-order valence-electron chi connectivity index (χ3n) is 2.97. The molecule has 116 valence electrons. The maximum Gasteiger partial charge on any atom is 0.323 e. The average molecular weight is 365 g/mol. The van der Waals surface area contributed by atoms with Gasteiger partial charge < -0.3 is 10.6 Å². The molecule has 3 rings (SSSR count). The molecule has 0 atom stereocenters. The van der Waals surface area contributed by atoms with E-state index >= 15 is 0 Å². The number of amides is 2. The smallest absolute Gasteiger partial charge is 0.308 e. The van der Waals surface area contributed by atoms with E-state index in [0.29, 0.717) is 21.4 Å². The first kappa shape index (κ1) is 15.7. The normalized spacial score (nSPS) is 10.3. The molecule has 1 aromatic heterocycles. The Morgan fingerprint density at radius 1 is 0.957 bits per heavy atom. The Kier molecular flexibility index (Phi) is 4.76. The van der Waals surface area contributed by atoms with Gasteiger partial charge in [0.2, 0.25) is 0 Å². The number of nitrogens with one attached hydrogen (secondary N) is 2. The Balaban J connectivity index is 1.64. The summed E-state index contributed by atoms with van der Waals surface area (Å²) in [6.07, 6.45) is 1.70. The second kappa shape index (κ2) is 6.95. The first-order valence-electron chi connectivity index (χ1n) is 6.53. The van der Waals surface area contributed by atoms with Crippen LogP contribution in [-0.2, 0) is 0 Å². The van der Waals surface area contributed by atoms with Gasteiger partial charge in [0.1, 0.15) is 0 Å². The minimum Gasteiger partial charge on any atom is -0.308 e. The summed E-state index contributed by atoms with van der Waals surface area (Å²) in [6, 6.07) is 11.9. The van der Waals surface area contributed by atoms with Crippen LogP contribution in [0.3, 0.4) is 0 Å². The van der Waals surface area contributed by atoms with E-state index in [1.807, 2.05) is 24.3 Å². The van der Waals surface area contributed by atoms with Gasteiger partial charge in [-0.25, -0.2) is 4.79 Å². The Morgan fingerprint density at radius 3 is 2.30 bits per heavy atom. The molecule has 0 saturated carbocycles. The van der Waals surface area contributed by atoms with E-state index in [4.69, 9.17) is 23.2 Å². The second-order valence-electron chi connectivity index (χ2n) is 4.57. The van der Waals surface area contributed by atoms with Gasteiger partial charge in [-0.15, -0.1) is 5.10 Å². The van der Waals surface area contributed by atoms with Crippen molar-refractivity contribution in [2.75, 3.05) is 10.6 Å². The van der Waals surface area contributed by atoms with Crippen molar-refractivity contribution in [2.45, 2.75) is 0 Å². The Morgan fingerprint density at radius 2 is 1.65 bits per heavy atom. The predicted octanol–water partition coefficient (Wildman–Crippen LogP) is 5.16. The number of aromatic nitrogens is 2. The van der Waals surface area contributed by atoms with Gasteiger partial charge in [-0.2, -0.15) is 0 Å². The van der Waals surface area contributed by atoms with Crippen molar-refractivity contribution in [3.8, 4) is 10.4 Å². The van der Waals surface area contributed by atoms with Gasteiger partial charge in [-0.3, -0.25) is 0 Å². The van der Waals surface area contributed by atoms with Crippen molar-refractivity contribution in [1.29, 1.82) is 0 Å². The molecule has 0 fully saturated rings. The van der Waals surface area contributed by atoms with E-state index in [2.05, 4.69) is 20.2 Å². The van der Waals surface area contributed by atoms with Gasteiger partial charge in [0.05, 0.1) is 21.1 Å². The zero-order valence-electron chi connectivity index (χ0n) is 11.6. The summed E-state index contributed by atoms with van der Waals surface area (Å²) >= 11 is 13.1. The first-order valence-corrected chi connectivity index (χ1v) is 8.05. The summed E-state index contributed by atoms with van der Waals surface area (Å²) in [5, 5.41) is 10.0. The highest BCUT2D eigenvalue weighted by Gasteiger charge is 2.06. The Labute approximate surface area is 146 Å². The molecular weight excluding hydrogens is 355 g/mol. The van der Waals surface area contributed by atoms with E-state index in [-0.39, 0.29) is 6.03 Å². The SMILES string of the molecule is O=C(Nc1ccc(-c2cnns2)cc1)Nc1ccc(Cl)c(Cl)c1. The van der Waals surface area contributed by atoms with E-state index in [1.165, 1.54) is 11.5 Å². The van der Waals surface area contributed by atoms with Crippen LogP contribution >= 0.6 is 34.7 Å². The molecule has 2 amide bonds. The lowest BCUT2D eigenvalue weighted by atomic mass is 10.2. The number of benzene rings is 2. The standard InChI is InChI=1S/C15H10Cl2N4OS/c16-12-6-5-11(7-13(12)17)20-15(22)19-10-3-1-9(2-4-10)14-8-18-21-23-14/h1-8H,(H2,19,20,22). The number of hydrogen-bond donors (Lipinski definition) is 2. The summed E-state index contributed by atoms with van der Waals surface area (Å²) in [5.41, 5.74) is 2.23. The molecule has 0 unspecified atom stereocenters. The first-order chi connectivity index (χ1) is 11.1. The number of carbonyl (C=O) groups is 1. The molecule has 3 aromatic rings. The summed E-state index contributed by atoms with van der Waals surface area (Å²) in [5.74, 6) is 0. The average Bonchev–Trinajstić information content (AvgIpc) is 3.06. The van der Waals surface area contributed by atoms with Gasteiger partial charge in [-0.05, 0) is 47.4 Å². The third kappa shape index (κ3) is 3.98. The van der Waals surface area contributed by atoms with Crippen molar-refractivity contribution in [3.63, 3.8) is 0 Å². The molecule has 2 N–H and O–H groups in total. The summed E-state index contributed by atoms with van der Waals surface area (Å²) in [6.45, 7) is 0. The second-order valence-corrected chi connectivity index (χ2v) is 6.17. The highest BCUT2D eigenvalue weighted by Crippen LogP contribution is 2.25. The number of carbonyl (C=O) groups excluding carboxylic acids is 1. The molecular formula is C15H10Cl2N4OS. The van der Waals surface area contributed by atoms with E-state index in [9.17, 15) is 4.79 Å². The van der Waals surface area contributed by atoms with Crippen LogP contribution in [0.4, 0.5) is 16.2 Å². The molecule has 0 aliphatic heterocycles. The Hall–Kier alpha value is -2.15. The highest BCUT2D eigenvalue weighted by atomic mass is 35.5.